The van der Waals surface area contributed by atoms with Gasteiger partial charge in [-0.2, -0.15) is 8.78 Å². The number of rotatable bonds is 6. The van der Waals surface area contributed by atoms with Crippen molar-refractivity contribution in [1.29, 1.82) is 0 Å². The van der Waals surface area contributed by atoms with E-state index < -0.39 is 12.6 Å². The monoisotopic (exact) mass is 244 g/mol. The zero-order valence-corrected chi connectivity index (χ0v) is 9.45. The molecule has 0 heterocycles. The van der Waals surface area contributed by atoms with Crippen molar-refractivity contribution in [3.8, 4) is 5.75 Å². The second-order valence-corrected chi connectivity index (χ2v) is 3.57. The van der Waals surface area contributed by atoms with Gasteiger partial charge in [0.2, 0.25) is 0 Å². The number of aryl methyl sites for hydroxylation is 2. The van der Waals surface area contributed by atoms with E-state index in [0.717, 1.165) is 12.0 Å². The zero-order valence-electron chi connectivity index (χ0n) is 9.45. The third kappa shape index (κ3) is 4.38. The van der Waals surface area contributed by atoms with Gasteiger partial charge in [-0.25, -0.2) is 0 Å². The Morgan fingerprint density at radius 3 is 2.71 bits per heavy atom. The van der Waals surface area contributed by atoms with Crippen molar-refractivity contribution in [2.75, 3.05) is 0 Å². The topological polar surface area (TPSA) is 46.5 Å². The largest absolute Gasteiger partial charge is 0.481 e. The van der Waals surface area contributed by atoms with Crippen LogP contribution in [0.15, 0.2) is 18.2 Å². The summed E-state index contributed by atoms with van der Waals surface area (Å²) in [7, 11) is 0. The predicted molar refractivity (Wildman–Crippen MR) is 58.4 cm³/mol. The first-order valence-corrected chi connectivity index (χ1v) is 5.31. The number of ether oxygens (including phenoxy) is 1. The van der Waals surface area contributed by atoms with Gasteiger partial charge in [-0.15, -0.1) is 0 Å². The fourth-order valence-corrected chi connectivity index (χ4v) is 1.50. The number of halogens is 2. The molecule has 17 heavy (non-hydrogen) atoms. The summed E-state index contributed by atoms with van der Waals surface area (Å²) in [6.45, 7) is -0.963. The van der Waals surface area contributed by atoms with Gasteiger partial charge in [-0.1, -0.05) is 19.1 Å². The first kappa shape index (κ1) is 13.4. The molecule has 94 valence electrons. The zero-order chi connectivity index (χ0) is 12.8. The van der Waals surface area contributed by atoms with Crippen molar-refractivity contribution in [1.82, 2.24) is 0 Å². The molecule has 0 bridgehead atoms. The van der Waals surface area contributed by atoms with E-state index in [4.69, 9.17) is 5.11 Å². The van der Waals surface area contributed by atoms with Crippen LogP contribution in [-0.4, -0.2) is 17.7 Å². The summed E-state index contributed by atoms with van der Waals surface area (Å²) in [5, 5.41) is 8.59. The van der Waals surface area contributed by atoms with E-state index >= 15 is 0 Å². The Hall–Kier alpha value is -1.65. The Balaban J connectivity index is 2.90. The minimum Gasteiger partial charge on any atom is -0.481 e. The highest BCUT2D eigenvalue weighted by Gasteiger charge is 2.11. The van der Waals surface area contributed by atoms with Crippen LogP contribution in [0, 0.1) is 0 Å². The lowest BCUT2D eigenvalue weighted by molar-refractivity contribution is -0.136. The Morgan fingerprint density at radius 1 is 1.47 bits per heavy atom. The van der Waals surface area contributed by atoms with Gasteiger partial charge >= 0.3 is 12.6 Å². The normalized spacial score (nSPS) is 10.6. The number of carbonyl (C=O) groups is 1. The van der Waals surface area contributed by atoms with E-state index in [0.29, 0.717) is 5.56 Å². The van der Waals surface area contributed by atoms with Crippen LogP contribution in [0.5, 0.6) is 5.75 Å². The average molecular weight is 244 g/mol. The van der Waals surface area contributed by atoms with Crippen molar-refractivity contribution >= 4 is 5.97 Å². The maximum atomic E-state index is 12.1. The smallest absolute Gasteiger partial charge is 0.387 e. The minimum absolute atomic E-state index is 0.0541. The standard InChI is InChI=1S/C12H14F2O3/c1-2-8-3-5-10(17-12(13)14)9(7-8)4-6-11(15)16/h3,5,7,12H,2,4,6H2,1H3,(H,15,16). The molecule has 0 saturated carbocycles. The maximum Gasteiger partial charge on any atom is 0.387 e. The van der Waals surface area contributed by atoms with Gasteiger partial charge in [0.05, 0.1) is 0 Å². The summed E-state index contributed by atoms with van der Waals surface area (Å²) >= 11 is 0. The summed E-state index contributed by atoms with van der Waals surface area (Å²) in [5.41, 5.74) is 1.47. The Kier molecular flexibility index (Phi) is 4.87. The third-order valence-corrected chi connectivity index (χ3v) is 2.36. The lowest BCUT2D eigenvalue weighted by atomic mass is 10.0. The van der Waals surface area contributed by atoms with Crippen LogP contribution in [0.25, 0.3) is 0 Å². The molecule has 0 aliphatic heterocycles. The summed E-state index contributed by atoms with van der Waals surface area (Å²) in [6, 6.07) is 4.87. The molecule has 0 spiro atoms. The van der Waals surface area contributed by atoms with Crippen molar-refractivity contribution in [3.63, 3.8) is 0 Å². The van der Waals surface area contributed by atoms with Gasteiger partial charge in [0.25, 0.3) is 0 Å². The highest BCUT2D eigenvalue weighted by molar-refractivity contribution is 5.67. The highest BCUT2D eigenvalue weighted by atomic mass is 19.3. The van der Waals surface area contributed by atoms with Crippen LogP contribution in [0.4, 0.5) is 8.78 Å². The molecule has 1 aromatic rings. The van der Waals surface area contributed by atoms with E-state index in [1.807, 2.05) is 6.92 Å². The van der Waals surface area contributed by atoms with Gasteiger partial charge in [-0.05, 0) is 30.0 Å². The second-order valence-electron chi connectivity index (χ2n) is 3.57. The first-order chi connectivity index (χ1) is 8.02. The van der Waals surface area contributed by atoms with Crippen LogP contribution in [-0.2, 0) is 17.6 Å². The van der Waals surface area contributed by atoms with E-state index in [9.17, 15) is 13.6 Å². The Labute approximate surface area is 98.0 Å². The summed E-state index contributed by atoms with van der Waals surface area (Å²) in [4.78, 5) is 10.5. The van der Waals surface area contributed by atoms with E-state index in [-0.39, 0.29) is 18.6 Å². The second kappa shape index (κ2) is 6.18. The molecule has 1 rings (SSSR count). The molecule has 1 aromatic carbocycles. The van der Waals surface area contributed by atoms with Crippen LogP contribution >= 0.6 is 0 Å². The van der Waals surface area contributed by atoms with Crippen molar-refractivity contribution in [2.24, 2.45) is 0 Å². The molecule has 0 aliphatic carbocycles. The van der Waals surface area contributed by atoms with Gasteiger partial charge in [0, 0.05) is 6.42 Å². The molecule has 0 unspecified atom stereocenters. The number of hydrogen-bond acceptors (Lipinski definition) is 2. The minimum atomic E-state index is -2.90. The molecule has 1 N–H and O–H groups in total. The SMILES string of the molecule is CCc1ccc(OC(F)F)c(CCC(=O)O)c1. The molecular formula is C12H14F2O3. The lowest BCUT2D eigenvalue weighted by Crippen LogP contribution is -2.06. The summed E-state index contributed by atoms with van der Waals surface area (Å²) < 4.78 is 28.6. The van der Waals surface area contributed by atoms with Gasteiger partial charge in [0.15, 0.2) is 0 Å². The van der Waals surface area contributed by atoms with Crippen LogP contribution in [0.3, 0.4) is 0 Å². The first-order valence-electron chi connectivity index (χ1n) is 5.31. The fourth-order valence-electron chi connectivity index (χ4n) is 1.50. The van der Waals surface area contributed by atoms with Crippen LogP contribution in [0.2, 0.25) is 0 Å². The number of carboxylic acids is 1. The molecule has 0 fully saturated rings. The lowest BCUT2D eigenvalue weighted by Gasteiger charge is -2.11. The van der Waals surface area contributed by atoms with E-state index in [1.165, 1.54) is 6.07 Å². The van der Waals surface area contributed by atoms with E-state index in [2.05, 4.69) is 4.74 Å². The third-order valence-electron chi connectivity index (χ3n) is 2.36. The van der Waals surface area contributed by atoms with Crippen molar-refractivity contribution in [2.45, 2.75) is 32.8 Å². The summed E-state index contributed by atoms with van der Waals surface area (Å²) in [5.74, 6) is -0.909. The van der Waals surface area contributed by atoms with Gasteiger partial charge in [0.1, 0.15) is 5.75 Å². The van der Waals surface area contributed by atoms with E-state index in [1.54, 1.807) is 12.1 Å². The summed E-state index contributed by atoms with van der Waals surface area (Å²) in [6.07, 6.45) is 0.840. The molecular weight excluding hydrogens is 230 g/mol. The van der Waals surface area contributed by atoms with Crippen molar-refractivity contribution < 1.29 is 23.4 Å². The molecule has 5 heteroatoms. The molecule has 0 amide bonds. The molecule has 0 aromatic heterocycles. The van der Waals surface area contributed by atoms with Gasteiger partial charge in [-0.3, -0.25) is 4.79 Å². The number of benzene rings is 1. The molecule has 3 nitrogen and oxygen atoms in total. The maximum absolute atomic E-state index is 12.1. The molecule has 0 saturated heterocycles. The number of aliphatic carboxylic acids is 1. The quantitative estimate of drug-likeness (QED) is 0.836. The number of alkyl halides is 2. The molecule has 0 radical (unpaired) electrons. The van der Waals surface area contributed by atoms with Crippen LogP contribution < -0.4 is 4.74 Å². The highest BCUT2D eigenvalue weighted by Crippen LogP contribution is 2.23. The Morgan fingerprint density at radius 2 is 2.18 bits per heavy atom. The predicted octanol–water partition coefficient (Wildman–Crippen LogP) is 2.87. The molecule has 0 aliphatic rings. The Bertz CT molecular complexity index is 391. The van der Waals surface area contributed by atoms with Crippen molar-refractivity contribution in [3.05, 3.63) is 29.3 Å². The molecule has 0 atom stereocenters. The fraction of sp³-hybridized carbons (Fsp3) is 0.417. The number of carboxylic acid groups (broad SMARTS) is 1. The van der Waals surface area contributed by atoms with Crippen LogP contribution in [0.1, 0.15) is 24.5 Å². The average Bonchev–Trinajstić information content (AvgIpc) is 2.27. The number of hydrogen-bond donors (Lipinski definition) is 1. The van der Waals surface area contributed by atoms with Gasteiger partial charge < -0.3 is 9.84 Å².